The Balaban J connectivity index is 0.000000333. The smallest absolute Gasteiger partial charge is 0.318 e. The Bertz CT molecular complexity index is 1780. The molecule has 47 heavy (non-hydrogen) atoms. The summed E-state index contributed by atoms with van der Waals surface area (Å²) in [4.78, 5) is 12.8. The zero-order chi connectivity index (χ0) is 33.9. The van der Waals surface area contributed by atoms with Gasteiger partial charge < -0.3 is 29.9 Å². The van der Waals surface area contributed by atoms with Gasteiger partial charge in [0.1, 0.15) is 28.5 Å². The average molecular weight is 647 g/mol. The molecule has 0 aliphatic carbocycles. The van der Waals surface area contributed by atoms with Gasteiger partial charge in [0.05, 0.1) is 25.8 Å². The second-order valence-electron chi connectivity index (χ2n) is 12.6. The number of hydrogen-bond donors (Lipinski definition) is 3. The molecule has 1 aromatic heterocycles. The Hall–Kier alpha value is -4.04. The predicted octanol–water partition coefficient (Wildman–Crippen LogP) is 6.26. The van der Waals surface area contributed by atoms with Gasteiger partial charge in [-0.05, 0) is 74.2 Å². The van der Waals surface area contributed by atoms with Crippen LogP contribution in [0.4, 0.5) is 14.6 Å². The number of aliphatic hydroxyl groups excluding tert-OH is 1. The number of phenolic OH excluding ortho intramolecular Hbond substituents is 1. The normalized spacial score (nSPS) is 22.2. The van der Waals surface area contributed by atoms with Gasteiger partial charge in [-0.1, -0.05) is 38.8 Å². The summed E-state index contributed by atoms with van der Waals surface area (Å²) in [5.41, 5.74) is -1.46. The van der Waals surface area contributed by atoms with E-state index >= 15 is 8.78 Å². The Morgan fingerprint density at radius 3 is 2.62 bits per heavy atom. The second-order valence-corrected chi connectivity index (χ2v) is 12.6. The lowest BCUT2D eigenvalue weighted by molar-refractivity contribution is -0.0242. The van der Waals surface area contributed by atoms with Gasteiger partial charge in [0, 0.05) is 41.0 Å². The van der Waals surface area contributed by atoms with Crippen molar-refractivity contribution >= 4 is 27.5 Å². The van der Waals surface area contributed by atoms with Crippen molar-refractivity contribution in [2.24, 2.45) is 5.92 Å². The molecule has 8 nitrogen and oxygen atoms in total. The van der Waals surface area contributed by atoms with Crippen molar-refractivity contribution in [2.75, 3.05) is 44.8 Å². The first-order valence-corrected chi connectivity index (χ1v) is 16.4. The number of anilines is 1. The standard InChI is InChI=1S/C27H23F2N3O4.C8H15N.C2H6/c1-3-15-6-4-7-16-10-17(34)11-18(21(15)16)22-20(28)12-19-24(23(22)29)30-26(36-2)31-25(19)32-9-5-8-27(35,13-32)14-33;1-7-5-8-3-2-4-9(8)6-7;1-2/h1,4,6-7,10-12,33-35H,5,8-9,13-14H2,2H3;7-8H,2-6H2,1H3;1-2H3. The van der Waals surface area contributed by atoms with Gasteiger partial charge in [0.25, 0.3) is 0 Å². The van der Waals surface area contributed by atoms with Crippen LogP contribution in [-0.4, -0.2) is 81.7 Å². The van der Waals surface area contributed by atoms with E-state index in [1.54, 1.807) is 23.1 Å². The SMILES string of the molecule is C#Cc1cccc2cc(O)cc(-c3c(F)cc4c(N5CCCC(O)(CO)C5)nc(OC)nc4c3F)c12.CC.CC1CC2CCCN2C1. The predicted molar refractivity (Wildman–Crippen MR) is 182 cm³/mol. The van der Waals surface area contributed by atoms with Gasteiger partial charge >= 0.3 is 6.01 Å². The molecule has 4 heterocycles. The molecule has 3 aliphatic heterocycles. The highest BCUT2D eigenvalue weighted by Gasteiger charge is 2.35. The molecule has 0 radical (unpaired) electrons. The highest BCUT2D eigenvalue weighted by molar-refractivity contribution is 6.04. The van der Waals surface area contributed by atoms with Crippen LogP contribution in [-0.2, 0) is 0 Å². The van der Waals surface area contributed by atoms with Crippen LogP contribution in [0.2, 0.25) is 0 Å². The zero-order valence-corrected chi connectivity index (χ0v) is 27.6. The van der Waals surface area contributed by atoms with E-state index in [1.807, 2.05) is 13.8 Å². The number of nitrogens with zero attached hydrogens (tertiary/aromatic N) is 4. The highest BCUT2D eigenvalue weighted by Crippen LogP contribution is 2.41. The molecule has 4 aromatic rings. The molecule has 0 bridgehead atoms. The summed E-state index contributed by atoms with van der Waals surface area (Å²) in [5.74, 6) is 1.65. The molecule has 3 fully saturated rings. The first-order chi connectivity index (χ1) is 22.6. The van der Waals surface area contributed by atoms with Crippen LogP contribution in [0.5, 0.6) is 11.8 Å². The number of aliphatic hydroxyl groups is 2. The first kappa shape index (κ1) is 34.3. The third-order valence-electron chi connectivity index (χ3n) is 9.28. The zero-order valence-electron chi connectivity index (χ0n) is 27.6. The number of methoxy groups -OCH3 is 1. The molecule has 0 saturated carbocycles. The molecule has 3 N–H and O–H groups in total. The molecule has 3 saturated heterocycles. The Kier molecular flexibility index (Phi) is 10.5. The number of terminal acetylenes is 1. The fourth-order valence-electron chi connectivity index (χ4n) is 7.23. The summed E-state index contributed by atoms with van der Waals surface area (Å²) in [6.45, 7) is 9.15. The third kappa shape index (κ3) is 6.84. The molecule has 0 spiro atoms. The van der Waals surface area contributed by atoms with E-state index in [0.29, 0.717) is 35.7 Å². The topological polar surface area (TPSA) is 102 Å². The van der Waals surface area contributed by atoms with Gasteiger partial charge in [0.15, 0.2) is 5.82 Å². The lowest BCUT2D eigenvalue weighted by atomic mass is 9.92. The molecular weight excluding hydrogens is 602 g/mol. The highest BCUT2D eigenvalue weighted by atomic mass is 19.1. The number of halogens is 2. The monoisotopic (exact) mass is 646 g/mol. The maximum absolute atomic E-state index is 16.2. The van der Waals surface area contributed by atoms with Crippen molar-refractivity contribution < 1.29 is 28.8 Å². The molecule has 3 aliphatic rings. The minimum Gasteiger partial charge on any atom is -0.508 e. The van der Waals surface area contributed by atoms with Gasteiger partial charge in [0.2, 0.25) is 0 Å². The van der Waals surface area contributed by atoms with E-state index in [4.69, 9.17) is 11.2 Å². The fraction of sp³-hybridized carbons (Fsp3) is 0.459. The van der Waals surface area contributed by atoms with E-state index in [2.05, 4.69) is 27.7 Å². The van der Waals surface area contributed by atoms with Crippen LogP contribution in [0.1, 0.15) is 58.4 Å². The van der Waals surface area contributed by atoms with Crippen molar-refractivity contribution in [3.63, 3.8) is 0 Å². The van der Waals surface area contributed by atoms with Gasteiger partial charge in [-0.2, -0.15) is 9.97 Å². The number of benzene rings is 3. The Labute approximate surface area is 275 Å². The molecule has 3 unspecified atom stereocenters. The summed E-state index contributed by atoms with van der Waals surface area (Å²) in [5, 5.41) is 31.6. The Morgan fingerprint density at radius 2 is 1.91 bits per heavy atom. The van der Waals surface area contributed by atoms with Crippen LogP contribution in [0, 0.1) is 29.9 Å². The molecule has 3 atom stereocenters. The minimum absolute atomic E-state index is 0.0203. The van der Waals surface area contributed by atoms with Crippen LogP contribution >= 0.6 is 0 Å². The van der Waals surface area contributed by atoms with Crippen molar-refractivity contribution in [3.05, 3.63) is 53.6 Å². The third-order valence-corrected chi connectivity index (χ3v) is 9.28. The number of phenols is 1. The van der Waals surface area contributed by atoms with Crippen LogP contribution < -0.4 is 9.64 Å². The minimum atomic E-state index is -1.37. The summed E-state index contributed by atoms with van der Waals surface area (Å²) >= 11 is 0. The number of hydrogen-bond acceptors (Lipinski definition) is 8. The maximum Gasteiger partial charge on any atom is 0.318 e. The molecule has 250 valence electrons. The average Bonchev–Trinajstić information content (AvgIpc) is 3.66. The first-order valence-electron chi connectivity index (χ1n) is 16.4. The summed E-state index contributed by atoms with van der Waals surface area (Å²) in [6.07, 6.45) is 11.0. The van der Waals surface area contributed by atoms with E-state index in [1.165, 1.54) is 51.6 Å². The van der Waals surface area contributed by atoms with Crippen molar-refractivity contribution in [1.29, 1.82) is 0 Å². The van der Waals surface area contributed by atoms with Gasteiger partial charge in [-0.3, -0.25) is 0 Å². The van der Waals surface area contributed by atoms with E-state index in [9.17, 15) is 15.3 Å². The Morgan fingerprint density at radius 1 is 1.13 bits per heavy atom. The van der Waals surface area contributed by atoms with E-state index in [0.717, 1.165) is 18.0 Å². The lowest BCUT2D eigenvalue weighted by Gasteiger charge is -2.39. The second kappa shape index (κ2) is 14.4. The van der Waals surface area contributed by atoms with Crippen molar-refractivity contribution in [2.45, 2.75) is 64.5 Å². The summed E-state index contributed by atoms with van der Waals surface area (Å²) in [7, 11) is 1.33. The number of rotatable bonds is 4. The number of fused-ring (bicyclic) bond motifs is 3. The molecule has 10 heteroatoms. The quantitative estimate of drug-likeness (QED) is 0.223. The summed E-state index contributed by atoms with van der Waals surface area (Å²) in [6, 6.07) is 9.76. The van der Waals surface area contributed by atoms with Crippen LogP contribution in [0.3, 0.4) is 0 Å². The molecule has 7 rings (SSSR count). The van der Waals surface area contributed by atoms with E-state index in [-0.39, 0.29) is 40.6 Å². The van der Waals surface area contributed by atoms with Crippen molar-refractivity contribution in [1.82, 2.24) is 14.9 Å². The van der Waals surface area contributed by atoms with Crippen molar-refractivity contribution in [3.8, 4) is 35.2 Å². The largest absolute Gasteiger partial charge is 0.508 e. The number of β-amino-alcohol motifs (C(OH)–C–C–N with tert-alkyl or cyclic N) is 1. The van der Waals surface area contributed by atoms with E-state index < -0.39 is 29.4 Å². The number of aromatic nitrogens is 2. The number of piperidine rings is 1. The van der Waals surface area contributed by atoms with Gasteiger partial charge in [-0.15, -0.1) is 6.42 Å². The fourth-order valence-corrected chi connectivity index (χ4v) is 7.23. The number of aromatic hydroxyl groups is 1. The summed E-state index contributed by atoms with van der Waals surface area (Å²) < 4.78 is 37.1. The van der Waals surface area contributed by atoms with Gasteiger partial charge in [-0.25, -0.2) is 8.78 Å². The number of ether oxygens (including phenoxy) is 1. The van der Waals surface area contributed by atoms with Crippen LogP contribution in [0.15, 0.2) is 36.4 Å². The maximum atomic E-state index is 16.2. The molecule has 0 amide bonds. The molecular formula is C37H44F2N4O4. The van der Waals surface area contributed by atoms with Crippen LogP contribution in [0.25, 0.3) is 32.8 Å². The molecule has 3 aromatic carbocycles. The lowest BCUT2D eigenvalue weighted by Crippen LogP contribution is -2.50.